The Morgan fingerprint density at radius 1 is 0.617 bits per heavy atom. The summed E-state index contributed by atoms with van der Waals surface area (Å²) in [6, 6.07) is 0. The van der Waals surface area contributed by atoms with Crippen LogP contribution in [0.5, 0.6) is 0 Å². The molecule has 6 heterocycles. The zero-order valence-electron chi connectivity index (χ0n) is 60.0. The summed E-state index contributed by atoms with van der Waals surface area (Å²) in [7, 11) is -42.7. The number of phosphoric ester groups is 7. The van der Waals surface area contributed by atoms with Crippen molar-refractivity contribution in [2.75, 3.05) is 75.6 Å². The van der Waals surface area contributed by atoms with Crippen LogP contribution in [0, 0.1) is 10.8 Å². The number of aliphatic hydroxyl groups is 4. The van der Waals surface area contributed by atoms with Crippen LogP contribution >= 0.6 is 87.7 Å². The van der Waals surface area contributed by atoms with E-state index in [2.05, 4.69) is 109 Å². The molecular formula is C48H78N14O43P8S2-8. The van der Waals surface area contributed by atoms with Gasteiger partial charge in [-0.1, -0.05) is 41.5 Å². The van der Waals surface area contributed by atoms with Crippen LogP contribution in [0.2, 0.25) is 0 Å². The molecule has 15 unspecified atom stereocenters. The number of phosphoric acid groups is 7. The van der Waals surface area contributed by atoms with Gasteiger partial charge in [0.25, 0.3) is 31.3 Å². The number of nitrogens with one attached hydrogen (secondary N) is 4. The number of aromatic nitrogens is 8. The average Bonchev–Trinajstić information content (AvgIpc) is 1.62. The number of nitrogen functional groups attached to an aromatic ring is 2. The average molecular weight is 1850 g/mol. The molecule has 0 saturated carbocycles. The van der Waals surface area contributed by atoms with Crippen LogP contribution < -0.4 is 76.8 Å². The molecule has 115 heavy (non-hydrogen) atoms. The van der Waals surface area contributed by atoms with Crippen molar-refractivity contribution in [1.29, 1.82) is 0 Å². The minimum Gasteiger partial charge on any atom is -0.790 e. The number of carbonyl (C=O) groups excluding carboxylic acids is 6. The Kier molecular flexibility index (Phi) is 41.6. The van der Waals surface area contributed by atoms with Crippen molar-refractivity contribution >= 4 is 157 Å². The van der Waals surface area contributed by atoms with Gasteiger partial charge in [0.1, 0.15) is 72.5 Å². The first-order valence-corrected chi connectivity index (χ1v) is 44.7. The van der Waals surface area contributed by atoms with Crippen molar-refractivity contribution in [3.8, 4) is 0 Å². The van der Waals surface area contributed by atoms with Crippen molar-refractivity contribution in [3.63, 3.8) is 0 Å². The minimum atomic E-state index is -5.91. The second-order valence-electron chi connectivity index (χ2n) is 23.9. The fourth-order valence-corrected chi connectivity index (χ4v) is 15.1. The number of ether oxygens (including phenoxy) is 2. The largest absolute Gasteiger partial charge is 0.790 e. The minimum absolute atomic E-state index is 0. The van der Waals surface area contributed by atoms with E-state index in [-0.39, 0.29) is 86.5 Å². The number of hydrogen-bond acceptors (Lipinski definition) is 51. The van der Waals surface area contributed by atoms with E-state index in [4.69, 9.17) is 49.6 Å². The van der Waals surface area contributed by atoms with E-state index in [0.717, 1.165) is 46.5 Å². The quantitative estimate of drug-likeness (QED) is 0.00489. The lowest BCUT2D eigenvalue weighted by Gasteiger charge is -2.36. The van der Waals surface area contributed by atoms with Gasteiger partial charge in [-0.2, -0.15) is 12.6 Å². The van der Waals surface area contributed by atoms with Gasteiger partial charge >= 0.3 is 28.0 Å². The number of thiol groups is 1. The summed E-state index contributed by atoms with van der Waals surface area (Å²) in [6.45, 7) is 3.43. The first-order chi connectivity index (χ1) is 52.9. The summed E-state index contributed by atoms with van der Waals surface area (Å²) in [5, 5.41) is 59.0. The predicted octanol–water partition coefficient (Wildman–Crippen LogP) is -7.94. The van der Waals surface area contributed by atoms with Crippen molar-refractivity contribution in [2.45, 2.75) is 129 Å². The van der Waals surface area contributed by atoms with Crippen LogP contribution in [0.4, 0.5) is 11.6 Å². The number of rotatable bonds is 42. The Morgan fingerprint density at radius 2 is 0.983 bits per heavy atom. The number of fused-ring (bicyclic) bond motifs is 2. The lowest BCUT2D eigenvalue weighted by Crippen LogP contribution is -2.46. The highest BCUT2D eigenvalue weighted by atomic mass is 32.2. The van der Waals surface area contributed by atoms with Crippen LogP contribution in [-0.4, -0.2) is 223 Å². The molecule has 0 bridgehead atoms. The molecule has 2 fully saturated rings. The van der Waals surface area contributed by atoms with Crippen molar-refractivity contribution in [2.24, 2.45) is 10.8 Å². The number of anilines is 2. The van der Waals surface area contributed by atoms with Gasteiger partial charge in [0.15, 0.2) is 35.4 Å². The highest BCUT2D eigenvalue weighted by molar-refractivity contribution is 7.95. The molecule has 2 aliphatic rings. The third-order valence-electron chi connectivity index (χ3n) is 14.1. The van der Waals surface area contributed by atoms with Gasteiger partial charge in [0, 0.05) is 80.3 Å². The molecule has 0 aromatic carbocycles. The monoisotopic (exact) mass is 1850 g/mol. The van der Waals surface area contributed by atoms with Crippen LogP contribution in [0.1, 0.15) is 81.1 Å². The molecule has 2 aliphatic heterocycles. The number of imidazole rings is 2. The lowest BCUT2D eigenvalue weighted by atomic mass is 9.87. The molecule has 0 aliphatic carbocycles. The zero-order valence-corrected chi connectivity index (χ0v) is 68.8. The number of nitrogens with zero attached hydrogens (tertiary/aromatic N) is 8. The summed E-state index contributed by atoms with van der Waals surface area (Å²) in [5.41, 5.74) is 8.16. The Hall–Kier alpha value is -5.15. The second kappa shape index (κ2) is 46.0. The summed E-state index contributed by atoms with van der Waals surface area (Å²) in [5.74, 6) is -3.67. The summed E-state index contributed by atoms with van der Waals surface area (Å²) in [6.07, 6.45) is -14.9. The summed E-state index contributed by atoms with van der Waals surface area (Å²) < 4.78 is 150. The Balaban J connectivity index is 0.000000670. The molecule has 4 aromatic heterocycles. The van der Waals surface area contributed by atoms with Gasteiger partial charge in [-0.25, -0.2) is 48.3 Å². The molecule has 0 radical (unpaired) electrons. The molecule has 4 aromatic rings. The fourth-order valence-electron chi connectivity index (χ4n) is 8.62. The topological polar surface area (TPSA) is 895 Å². The normalized spacial score (nSPS) is 21.3. The van der Waals surface area contributed by atoms with Crippen LogP contribution in [-0.2, 0) is 124 Å². The number of hydrogen-bond donors (Lipinski definition) is 14. The van der Waals surface area contributed by atoms with E-state index < -0.39 is 197 Å². The van der Waals surface area contributed by atoms with Crippen molar-refractivity contribution in [1.82, 2.24) is 60.3 Å². The third-order valence-corrected chi connectivity index (χ3v) is 21.6. The zero-order chi connectivity index (χ0) is 87.6. The second-order valence-corrected chi connectivity index (χ2v) is 35.1. The summed E-state index contributed by atoms with van der Waals surface area (Å²) >= 11 is 4.79. The Bertz CT molecular complexity index is 4300. The third kappa shape index (κ3) is 36.8. The smallest absolute Gasteiger partial charge is 0.526 e. The van der Waals surface area contributed by atoms with E-state index in [1.54, 1.807) is 6.92 Å². The molecule has 57 nitrogen and oxygen atoms in total. The van der Waals surface area contributed by atoms with Gasteiger partial charge in [-0.3, -0.25) is 65.9 Å². The van der Waals surface area contributed by atoms with Crippen molar-refractivity contribution in [3.05, 3.63) is 25.3 Å². The maximum absolute atomic E-state index is 12.5. The fraction of sp³-hybridized carbons (Fsp3) is 0.667. The standard InChI is InChI=1S/C24H40N7O18P3S.C21H36N7O16P3S.C3H7O5P.HO4P.H2/c1-4-15(33)48-53-8-7-26-14(32)5-6-27-22(36)19(35)24(2,3)10-45-52(42,43)49-51(40,41)44-9-13-18(47-50(37,38)39)17(34)23(46-13)31-12-30-16-20(25)28-11-29-21(16)31;1-21(2,16(31)19(32)24-4-3-12(29)23-5-6-48)8-41-47(38,39)44-46(36,37)40-7-11-15(43-45(33,34)35)14(30)20(42-11)28-10-27-13-17(22)25-9-26-18(13)28;1-2-3(4)8-9(5,6)7;1-4-5(2)3;/h11-13,17-19,23,34-35H,4-10H2,1-3H3,(H,26,32)(H,27,36)(H,40,41)(H,42,43)(H2,25,28,29)(H2,37,38,39);9-11,14-16,20,30-31,48H,3-8H2,1-2H3,(H,23,29)(H,24,32)(H,36,37)(H,38,39)(H2,22,25,26)(H2,33,34,35);2H2,1H3,(H2,5,6,7);1H;1H/p-8. The van der Waals surface area contributed by atoms with Crippen molar-refractivity contribution < 1.29 is 205 Å². The number of nitrogens with two attached hydrogens (primary N) is 2. The SMILES string of the molecule is CC(C)(COP(=O)([O-])OP(=O)([O-])OCC1OC(n2cnc3c(N)ncnc32)C(O)C1OP(=O)([O-])[O-])C(O)C(=O)NCCC(=O)NCCS.CCC(=O)OP(=O)(O)O.CCC(=O)OSCCNC(=O)CCNC(=O)C(O)C(C)(C)COP(=O)([O-])OP(=O)([O-])OCC1OC(n2cnc3c(N)ncnc32)C(O)C1OP(=O)([O-])[O-].O=[P+]([O-])OO.[HH]. The van der Waals surface area contributed by atoms with Gasteiger partial charge in [0.05, 0.1) is 66.8 Å². The van der Waals surface area contributed by atoms with Gasteiger partial charge < -0.3 is 152 Å². The van der Waals surface area contributed by atoms with E-state index >= 15 is 0 Å². The molecule has 658 valence electrons. The molecule has 2 saturated heterocycles. The molecule has 67 heteroatoms. The first-order valence-electron chi connectivity index (χ1n) is 31.8. The van der Waals surface area contributed by atoms with E-state index in [9.17, 15) is 120 Å². The molecule has 15 atom stereocenters. The number of aliphatic hydroxyl groups excluding tert-OH is 4. The number of carbonyl (C=O) groups is 6. The van der Waals surface area contributed by atoms with Crippen LogP contribution in [0.3, 0.4) is 0 Å². The number of amides is 4. The highest BCUT2D eigenvalue weighted by Gasteiger charge is 2.49. The van der Waals surface area contributed by atoms with Crippen LogP contribution in [0.25, 0.3) is 22.3 Å². The lowest BCUT2D eigenvalue weighted by molar-refractivity contribution is -0.348. The maximum atomic E-state index is 12.5. The van der Waals surface area contributed by atoms with Crippen LogP contribution in [0.15, 0.2) is 25.3 Å². The Labute approximate surface area is 660 Å². The Morgan fingerprint density at radius 3 is 1.31 bits per heavy atom. The van der Waals surface area contributed by atoms with Gasteiger partial charge in [0.2, 0.25) is 23.6 Å². The predicted molar refractivity (Wildman–Crippen MR) is 366 cm³/mol. The van der Waals surface area contributed by atoms with E-state index in [1.165, 1.54) is 34.6 Å². The maximum Gasteiger partial charge on any atom is 0.526 e. The molecule has 0 spiro atoms. The van der Waals surface area contributed by atoms with Gasteiger partial charge in [-0.15, -0.1) is 0 Å². The molecule has 6 rings (SSSR count). The van der Waals surface area contributed by atoms with E-state index in [1.807, 2.05) is 0 Å². The summed E-state index contributed by atoms with van der Waals surface area (Å²) in [4.78, 5) is 213. The molecular weight excluding hydrogens is 1770 g/mol. The molecule has 4 amide bonds. The first kappa shape index (κ1) is 104. The highest BCUT2D eigenvalue weighted by Crippen LogP contribution is 2.58. The molecule has 15 N–H and O–H groups in total. The van der Waals surface area contributed by atoms with E-state index in [0.29, 0.717) is 12.3 Å². The van der Waals surface area contributed by atoms with Gasteiger partial charge in [-0.05, 0) is 4.57 Å².